The minimum atomic E-state index is -1.17. The molecule has 0 aromatic heterocycles. The van der Waals surface area contributed by atoms with Crippen LogP contribution in [0.4, 0.5) is 0 Å². The van der Waals surface area contributed by atoms with Crippen molar-refractivity contribution in [3.63, 3.8) is 0 Å². The molecule has 1 heterocycles. The molecule has 0 aliphatic carbocycles. The van der Waals surface area contributed by atoms with E-state index in [2.05, 4.69) is 10.6 Å². The van der Waals surface area contributed by atoms with E-state index in [-0.39, 0.29) is 25.8 Å². The van der Waals surface area contributed by atoms with Crippen molar-refractivity contribution in [2.45, 2.75) is 50.2 Å². The van der Waals surface area contributed by atoms with Gasteiger partial charge in [0.15, 0.2) is 0 Å². The van der Waals surface area contributed by atoms with Gasteiger partial charge in [0.2, 0.25) is 23.6 Å². The fraction of sp³-hybridized carbons (Fsp3) is 0.476. The van der Waals surface area contributed by atoms with Crippen molar-refractivity contribution < 1.29 is 29.1 Å². The third-order valence-corrected chi connectivity index (χ3v) is 5.23. The number of hydrogen-bond donors (Lipinski definition) is 5. The van der Waals surface area contributed by atoms with E-state index >= 15 is 0 Å². The van der Waals surface area contributed by atoms with Crippen LogP contribution in [0.15, 0.2) is 30.3 Å². The molecule has 1 aromatic rings. The average Bonchev–Trinajstić information content (AvgIpc) is 3.25. The van der Waals surface area contributed by atoms with Crippen molar-refractivity contribution in [2.75, 3.05) is 13.1 Å². The molecule has 1 aliphatic heterocycles. The van der Waals surface area contributed by atoms with Crippen molar-refractivity contribution in [3.8, 4) is 0 Å². The first kappa shape index (κ1) is 24.8. The van der Waals surface area contributed by atoms with Gasteiger partial charge in [-0.3, -0.25) is 19.2 Å². The van der Waals surface area contributed by atoms with Crippen LogP contribution >= 0.6 is 0 Å². The Morgan fingerprint density at radius 3 is 2.47 bits per heavy atom. The van der Waals surface area contributed by atoms with Crippen LogP contribution in [-0.4, -0.2) is 70.8 Å². The molecule has 0 unspecified atom stereocenters. The standard InChI is InChI=1S/C21H29N5O6/c22-14(8-9-17(23)27)19(29)24-12-18(28)26-10-4-7-16(26)20(30)25-15(21(31)32)11-13-5-2-1-3-6-13/h1-3,5-6,14-16H,4,7-12,22H2,(H2,23,27)(H,24,29)(H,25,30)(H,31,32)/t14-,15-,16-/m0/s1. The number of carbonyl (C=O) groups is 5. The number of carboxylic acids is 1. The molecule has 1 aliphatic rings. The molecule has 1 saturated heterocycles. The first-order valence-electron chi connectivity index (χ1n) is 10.4. The van der Waals surface area contributed by atoms with E-state index in [0.29, 0.717) is 19.4 Å². The summed E-state index contributed by atoms with van der Waals surface area (Å²) in [6.07, 6.45) is 1.09. The quantitative estimate of drug-likeness (QED) is 0.273. The van der Waals surface area contributed by atoms with Gasteiger partial charge in [0.1, 0.15) is 12.1 Å². The Labute approximate surface area is 185 Å². The van der Waals surface area contributed by atoms with Crippen LogP contribution in [0, 0.1) is 0 Å². The summed E-state index contributed by atoms with van der Waals surface area (Å²) < 4.78 is 0. The SMILES string of the molecule is NC(=O)CC[C@H](N)C(=O)NCC(=O)N1CCC[C@H]1C(=O)N[C@@H](Cc1ccccc1)C(=O)O. The van der Waals surface area contributed by atoms with Gasteiger partial charge in [-0.15, -0.1) is 0 Å². The summed E-state index contributed by atoms with van der Waals surface area (Å²) in [4.78, 5) is 61.0. The third-order valence-electron chi connectivity index (χ3n) is 5.23. The van der Waals surface area contributed by atoms with E-state index in [1.54, 1.807) is 24.3 Å². The van der Waals surface area contributed by atoms with E-state index in [1.165, 1.54) is 4.90 Å². The lowest BCUT2D eigenvalue weighted by molar-refractivity contribution is -0.144. The molecule has 0 bridgehead atoms. The Balaban J connectivity index is 1.91. The third kappa shape index (κ3) is 7.34. The number of amides is 4. The van der Waals surface area contributed by atoms with Crippen LogP contribution < -0.4 is 22.1 Å². The highest BCUT2D eigenvalue weighted by molar-refractivity contribution is 5.93. The van der Waals surface area contributed by atoms with Gasteiger partial charge >= 0.3 is 5.97 Å². The summed E-state index contributed by atoms with van der Waals surface area (Å²) in [6.45, 7) is -0.0454. The van der Waals surface area contributed by atoms with E-state index < -0.39 is 47.7 Å². The molecule has 11 heteroatoms. The van der Waals surface area contributed by atoms with Crippen LogP contribution in [-0.2, 0) is 30.4 Å². The second-order valence-corrected chi connectivity index (χ2v) is 7.66. The number of nitrogens with zero attached hydrogens (tertiary/aromatic N) is 1. The van der Waals surface area contributed by atoms with Crippen LogP contribution in [0.5, 0.6) is 0 Å². The van der Waals surface area contributed by atoms with Crippen molar-refractivity contribution in [1.29, 1.82) is 0 Å². The highest BCUT2D eigenvalue weighted by Crippen LogP contribution is 2.18. The number of nitrogens with two attached hydrogens (primary N) is 2. The topological polar surface area (TPSA) is 185 Å². The lowest BCUT2D eigenvalue weighted by Gasteiger charge is -2.26. The van der Waals surface area contributed by atoms with Gasteiger partial charge in [-0.2, -0.15) is 0 Å². The summed E-state index contributed by atoms with van der Waals surface area (Å²) in [5.41, 5.74) is 11.4. The first-order valence-corrected chi connectivity index (χ1v) is 10.4. The van der Waals surface area contributed by atoms with Crippen LogP contribution in [0.1, 0.15) is 31.2 Å². The van der Waals surface area contributed by atoms with Crippen molar-refractivity contribution in [1.82, 2.24) is 15.5 Å². The number of nitrogens with one attached hydrogen (secondary N) is 2. The molecular weight excluding hydrogens is 418 g/mol. The molecule has 32 heavy (non-hydrogen) atoms. The number of hydrogen-bond acceptors (Lipinski definition) is 6. The fourth-order valence-electron chi connectivity index (χ4n) is 3.48. The highest BCUT2D eigenvalue weighted by Gasteiger charge is 2.36. The maximum atomic E-state index is 12.7. The Hall–Kier alpha value is -3.47. The highest BCUT2D eigenvalue weighted by atomic mass is 16.4. The molecule has 174 valence electrons. The number of primary amides is 1. The van der Waals surface area contributed by atoms with Gasteiger partial charge in [-0.1, -0.05) is 30.3 Å². The van der Waals surface area contributed by atoms with Crippen molar-refractivity contribution in [3.05, 3.63) is 35.9 Å². The lowest BCUT2D eigenvalue weighted by atomic mass is 10.1. The van der Waals surface area contributed by atoms with E-state index in [1.807, 2.05) is 6.07 Å². The largest absolute Gasteiger partial charge is 0.480 e. The predicted octanol–water partition coefficient (Wildman–Crippen LogP) is -1.50. The first-order chi connectivity index (χ1) is 15.2. The van der Waals surface area contributed by atoms with Crippen LogP contribution in [0.25, 0.3) is 0 Å². The summed E-state index contributed by atoms with van der Waals surface area (Å²) in [6, 6.07) is 5.97. The smallest absolute Gasteiger partial charge is 0.326 e. The monoisotopic (exact) mass is 447 g/mol. The molecule has 1 aromatic carbocycles. The molecule has 0 saturated carbocycles. The maximum absolute atomic E-state index is 12.7. The zero-order valence-electron chi connectivity index (χ0n) is 17.7. The van der Waals surface area contributed by atoms with E-state index in [9.17, 15) is 29.1 Å². The summed E-state index contributed by atoms with van der Waals surface area (Å²) in [5, 5.41) is 14.4. The minimum Gasteiger partial charge on any atom is -0.480 e. The number of carboxylic acid groups (broad SMARTS) is 1. The van der Waals surface area contributed by atoms with Crippen molar-refractivity contribution in [2.24, 2.45) is 11.5 Å². The summed E-state index contributed by atoms with van der Waals surface area (Å²) in [5.74, 6) is -3.39. The van der Waals surface area contributed by atoms with Gasteiger partial charge in [0.25, 0.3) is 0 Å². The molecule has 2 rings (SSSR count). The molecule has 11 nitrogen and oxygen atoms in total. The normalized spacial score (nSPS) is 17.3. The second-order valence-electron chi connectivity index (χ2n) is 7.66. The van der Waals surface area contributed by atoms with Gasteiger partial charge < -0.3 is 32.1 Å². The van der Waals surface area contributed by atoms with Gasteiger partial charge in [0, 0.05) is 19.4 Å². The zero-order valence-corrected chi connectivity index (χ0v) is 17.7. The van der Waals surface area contributed by atoms with Crippen LogP contribution in [0.3, 0.4) is 0 Å². The minimum absolute atomic E-state index is 0.0510. The fourth-order valence-corrected chi connectivity index (χ4v) is 3.48. The molecule has 4 amide bonds. The maximum Gasteiger partial charge on any atom is 0.326 e. The van der Waals surface area contributed by atoms with E-state index in [0.717, 1.165) is 5.56 Å². The van der Waals surface area contributed by atoms with Crippen molar-refractivity contribution >= 4 is 29.6 Å². The molecule has 7 N–H and O–H groups in total. The predicted molar refractivity (Wildman–Crippen MR) is 114 cm³/mol. The number of likely N-dealkylation sites (tertiary alicyclic amines) is 1. The molecule has 3 atom stereocenters. The number of aliphatic carboxylic acids is 1. The molecular formula is C21H29N5O6. The zero-order chi connectivity index (χ0) is 23.7. The summed E-state index contributed by atoms with van der Waals surface area (Å²) >= 11 is 0. The number of rotatable bonds is 11. The Morgan fingerprint density at radius 2 is 1.84 bits per heavy atom. The van der Waals surface area contributed by atoms with Gasteiger partial charge in [0.05, 0.1) is 12.6 Å². The van der Waals surface area contributed by atoms with E-state index in [4.69, 9.17) is 11.5 Å². The van der Waals surface area contributed by atoms with Crippen LogP contribution in [0.2, 0.25) is 0 Å². The van der Waals surface area contributed by atoms with Gasteiger partial charge in [-0.05, 0) is 24.8 Å². The Kier molecular flexibility index (Phi) is 9.14. The Morgan fingerprint density at radius 1 is 1.16 bits per heavy atom. The molecule has 0 radical (unpaired) electrons. The second kappa shape index (κ2) is 11.8. The van der Waals surface area contributed by atoms with Gasteiger partial charge in [-0.25, -0.2) is 4.79 Å². The molecule has 1 fully saturated rings. The average molecular weight is 447 g/mol. The summed E-state index contributed by atoms with van der Waals surface area (Å²) in [7, 11) is 0. The number of benzene rings is 1. The number of carbonyl (C=O) groups excluding carboxylic acids is 4. The lowest BCUT2D eigenvalue weighted by Crippen LogP contribution is -2.53. The Bertz CT molecular complexity index is 846. The molecule has 0 spiro atoms.